The molecule has 0 aliphatic rings. The molecule has 1 aromatic carbocycles. The van der Waals surface area contributed by atoms with E-state index in [-0.39, 0.29) is 0 Å². The molecular weight excluding hydrogens is 398 g/mol. The van der Waals surface area contributed by atoms with Crippen molar-refractivity contribution in [3.05, 3.63) is 43.0 Å². The summed E-state index contributed by atoms with van der Waals surface area (Å²) in [4.78, 5) is 0. The molecular formula is C32H58N+. The molecule has 0 fully saturated rings. The summed E-state index contributed by atoms with van der Waals surface area (Å²) in [5.74, 6) is 0. The molecule has 0 radical (unpaired) electrons. The Labute approximate surface area is 208 Å². The first-order valence-corrected chi connectivity index (χ1v) is 14.8. The van der Waals surface area contributed by atoms with Crippen molar-refractivity contribution in [2.75, 3.05) is 19.6 Å². The zero-order valence-corrected chi connectivity index (χ0v) is 22.7. The molecule has 0 saturated carbocycles. The summed E-state index contributed by atoms with van der Waals surface area (Å²) >= 11 is 0. The summed E-state index contributed by atoms with van der Waals surface area (Å²) < 4.78 is 1.23. The van der Waals surface area contributed by atoms with Gasteiger partial charge in [-0.15, -0.1) is 6.58 Å². The van der Waals surface area contributed by atoms with Crippen LogP contribution in [0.3, 0.4) is 0 Å². The van der Waals surface area contributed by atoms with E-state index in [0.29, 0.717) is 0 Å². The highest BCUT2D eigenvalue weighted by molar-refractivity contribution is 5.42. The van der Waals surface area contributed by atoms with Crippen LogP contribution in [0.2, 0.25) is 0 Å². The van der Waals surface area contributed by atoms with E-state index in [1.54, 1.807) is 5.69 Å². The molecule has 1 rings (SSSR count). The van der Waals surface area contributed by atoms with Crippen LogP contribution in [-0.2, 0) is 0 Å². The van der Waals surface area contributed by atoms with Gasteiger partial charge in [0.1, 0.15) is 5.69 Å². The normalized spacial score (nSPS) is 11.7. The fraction of sp³-hybridized carbons (Fsp3) is 0.750. The van der Waals surface area contributed by atoms with Gasteiger partial charge in [-0.25, -0.2) is 0 Å². The monoisotopic (exact) mass is 456 g/mol. The molecule has 0 saturated heterocycles. The zero-order chi connectivity index (χ0) is 23.9. The van der Waals surface area contributed by atoms with E-state index >= 15 is 0 Å². The lowest BCUT2D eigenvalue weighted by atomic mass is 10.0. The first-order valence-electron chi connectivity index (χ1n) is 14.8. The lowest BCUT2D eigenvalue weighted by molar-refractivity contribution is 0.252. The van der Waals surface area contributed by atoms with E-state index in [2.05, 4.69) is 56.8 Å². The smallest absolute Gasteiger partial charge is 0.132 e. The van der Waals surface area contributed by atoms with E-state index in [0.717, 1.165) is 0 Å². The average molecular weight is 457 g/mol. The Morgan fingerprint density at radius 1 is 0.545 bits per heavy atom. The van der Waals surface area contributed by atoms with Crippen LogP contribution < -0.4 is 4.48 Å². The first kappa shape index (κ1) is 30.0. The molecule has 0 heterocycles. The Morgan fingerprint density at radius 2 is 0.939 bits per heavy atom. The minimum absolute atomic E-state index is 1.19. The van der Waals surface area contributed by atoms with Gasteiger partial charge in [-0.1, -0.05) is 109 Å². The van der Waals surface area contributed by atoms with Gasteiger partial charge in [0.05, 0.1) is 19.6 Å². The van der Waals surface area contributed by atoms with Crippen molar-refractivity contribution in [3.63, 3.8) is 0 Å². The SMILES string of the molecule is C=CCCCCCCCC[N+](CCCCCCCC)(CCCCCCCC)c1ccccc1. The molecule has 1 aromatic rings. The van der Waals surface area contributed by atoms with Crippen LogP contribution in [0.4, 0.5) is 5.69 Å². The van der Waals surface area contributed by atoms with Gasteiger partial charge in [0.2, 0.25) is 0 Å². The molecule has 0 N–H and O–H groups in total. The summed E-state index contributed by atoms with van der Waals surface area (Å²) in [7, 11) is 0. The fourth-order valence-corrected chi connectivity index (χ4v) is 5.27. The van der Waals surface area contributed by atoms with Crippen LogP contribution in [0.1, 0.15) is 136 Å². The molecule has 0 unspecified atom stereocenters. The molecule has 0 aliphatic heterocycles. The Hall–Kier alpha value is -1.08. The van der Waals surface area contributed by atoms with Crippen LogP contribution >= 0.6 is 0 Å². The Kier molecular flexibility index (Phi) is 19.5. The Bertz CT molecular complexity index is 519. The van der Waals surface area contributed by atoms with Gasteiger partial charge in [-0.3, -0.25) is 4.48 Å². The third-order valence-corrected chi connectivity index (χ3v) is 7.43. The number of para-hydroxylation sites is 1. The molecule has 1 heteroatoms. The number of hydrogen-bond donors (Lipinski definition) is 0. The fourth-order valence-electron chi connectivity index (χ4n) is 5.27. The predicted octanol–water partition coefficient (Wildman–Crippen LogP) is 10.6. The lowest BCUT2D eigenvalue weighted by Crippen LogP contribution is -2.51. The van der Waals surface area contributed by atoms with Gasteiger partial charge in [-0.2, -0.15) is 0 Å². The van der Waals surface area contributed by atoms with Crippen molar-refractivity contribution in [1.82, 2.24) is 4.48 Å². The van der Waals surface area contributed by atoms with E-state index in [1.807, 2.05) is 0 Å². The maximum Gasteiger partial charge on any atom is 0.132 e. The van der Waals surface area contributed by atoms with Gasteiger partial charge in [0.25, 0.3) is 0 Å². The number of unbranched alkanes of at least 4 members (excludes halogenated alkanes) is 16. The van der Waals surface area contributed by atoms with Crippen LogP contribution in [0.25, 0.3) is 0 Å². The topological polar surface area (TPSA) is 0 Å². The third kappa shape index (κ3) is 14.7. The molecule has 0 aromatic heterocycles. The number of rotatable bonds is 24. The van der Waals surface area contributed by atoms with Gasteiger partial charge in [-0.05, 0) is 63.5 Å². The minimum Gasteiger partial charge on any atom is -0.291 e. The lowest BCUT2D eigenvalue weighted by Gasteiger charge is -2.39. The van der Waals surface area contributed by atoms with Crippen molar-refractivity contribution in [2.24, 2.45) is 0 Å². The molecule has 0 spiro atoms. The average Bonchev–Trinajstić information content (AvgIpc) is 2.85. The molecule has 0 atom stereocenters. The van der Waals surface area contributed by atoms with E-state index in [9.17, 15) is 0 Å². The van der Waals surface area contributed by atoms with Gasteiger partial charge >= 0.3 is 0 Å². The molecule has 1 nitrogen and oxygen atoms in total. The standard InChI is InChI=1S/C32H58N/c1-4-7-10-13-16-17-20-26-31-33(32-27-22-21-23-28-32,29-24-18-14-11-8-5-2)30-25-19-15-12-9-6-3/h4,21-23,27-28H,1,5-20,24-26,29-31H2,2-3H3/q+1. The van der Waals surface area contributed by atoms with E-state index in [1.165, 1.54) is 146 Å². The molecule has 0 bridgehead atoms. The van der Waals surface area contributed by atoms with Crippen molar-refractivity contribution in [3.8, 4) is 0 Å². The number of hydrogen-bond acceptors (Lipinski definition) is 0. The largest absolute Gasteiger partial charge is 0.291 e. The number of allylic oxidation sites excluding steroid dienone is 1. The summed E-state index contributed by atoms with van der Waals surface area (Å²) in [5, 5.41) is 0. The van der Waals surface area contributed by atoms with Gasteiger partial charge in [0, 0.05) is 0 Å². The molecule has 0 aliphatic carbocycles. The second-order valence-electron chi connectivity index (χ2n) is 10.4. The maximum atomic E-state index is 3.85. The number of nitrogens with zero attached hydrogens (tertiary/aromatic N) is 1. The van der Waals surface area contributed by atoms with Crippen LogP contribution in [-0.4, -0.2) is 19.6 Å². The predicted molar refractivity (Wildman–Crippen MR) is 152 cm³/mol. The highest BCUT2D eigenvalue weighted by Crippen LogP contribution is 2.27. The molecule has 190 valence electrons. The summed E-state index contributed by atoms with van der Waals surface area (Å²) in [6.07, 6.45) is 28.3. The Balaban J connectivity index is 2.67. The third-order valence-electron chi connectivity index (χ3n) is 7.43. The summed E-state index contributed by atoms with van der Waals surface area (Å²) in [5.41, 5.74) is 1.57. The molecule has 33 heavy (non-hydrogen) atoms. The summed E-state index contributed by atoms with van der Waals surface area (Å²) in [6.45, 7) is 12.5. The van der Waals surface area contributed by atoms with Crippen molar-refractivity contribution < 1.29 is 0 Å². The van der Waals surface area contributed by atoms with Crippen LogP contribution in [0.15, 0.2) is 43.0 Å². The van der Waals surface area contributed by atoms with Crippen molar-refractivity contribution in [2.45, 2.75) is 136 Å². The number of quaternary nitrogens is 1. The van der Waals surface area contributed by atoms with Crippen molar-refractivity contribution >= 4 is 5.69 Å². The highest BCUT2D eigenvalue weighted by Gasteiger charge is 2.29. The quantitative estimate of drug-likeness (QED) is 0.0824. The maximum absolute atomic E-state index is 3.85. The van der Waals surface area contributed by atoms with E-state index < -0.39 is 0 Å². The Morgan fingerprint density at radius 3 is 1.36 bits per heavy atom. The molecule has 0 amide bonds. The minimum atomic E-state index is 1.19. The van der Waals surface area contributed by atoms with Crippen LogP contribution in [0, 0.1) is 0 Å². The van der Waals surface area contributed by atoms with Crippen LogP contribution in [0.5, 0.6) is 0 Å². The van der Waals surface area contributed by atoms with Crippen molar-refractivity contribution in [1.29, 1.82) is 0 Å². The summed E-state index contributed by atoms with van der Waals surface area (Å²) in [6, 6.07) is 11.6. The van der Waals surface area contributed by atoms with Gasteiger partial charge in [0.15, 0.2) is 0 Å². The second kappa shape index (κ2) is 21.5. The van der Waals surface area contributed by atoms with E-state index in [4.69, 9.17) is 0 Å². The second-order valence-corrected chi connectivity index (χ2v) is 10.4. The number of benzene rings is 1. The zero-order valence-electron chi connectivity index (χ0n) is 22.7. The highest BCUT2D eigenvalue weighted by atomic mass is 15.4. The first-order chi connectivity index (χ1) is 16.3. The van der Waals surface area contributed by atoms with Gasteiger partial charge < -0.3 is 0 Å².